The smallest absolute Gasteiger partial charge is 0.307 e. The minimum Gasteiger partial charge on any atom is -0.481 e. The molecular formula is C11H12O2S. The number of hydrogen-bond donors (Lipinski definition) is 1. The van der Waals surface area contributed by atoms with Gasteiger partial charge in [0.1, 0.15) is 0 Å². The van der Waals surface area contributed by atoms with Gasteiger partial charge in [-0.15, -0.1) is 11.8 Å². The second-order valence-electron chi connectivity index (χ2n) is 3.56. The van der Waals surface area contributed by atoms with E-state index < -0.39 is 5.97 Å². The molecule has 1 aliphatic carbocycles. The van der Waals surface area contributed by atoms with Crippen molar-refractivity contribution in [3.05, 3.63) is 29.8 Å². The summed E-state index contributed by atoms with van der Waals surface area (Å²) in [5.74, 6) is -0.559. The van der Waals surface area contributed by atoms with E-state index in [0.29, 0.717) is 0 Å². The summed E-state index contributed by atoms with van der Waals surface area (Å²) in [6.45, 7) is 0. The molecule has 1 fully saturated rings. The van der Waals surface area contributed by atoms with E-state index in [2.05, 4.69) is 6.07 Å². The molecule has 0 unspecified atom stereocenters. The molecule has 74 valence electrons. The summed E-state index contributed by atoms with van der Waals surface area (Å²) in [5, 5.41) is 8.81. The highest BCUT2D eigenvalue weighted by Gasteiger charge is 2.44. The van der Waals surface area contributed by atoms with Crippen molar-refractivity contribution >= 4 is 17.7 Å². The lowest BCUT2D eigenvalue weighted by molar-refractivity contribution is -0.138. The van der Waals surface area contributed by atoms with Gasteiger partial charge >= 0.3 is 5.97 Å². The van der Waals surface area contributed by atoms with Crippen LogP contribution >= 0.6 is 11.8 Å². The first-order valence-electron chi connectivity index (χ1n) is 4.59. The highest BCUT2D eigenvalue weighted by atomic mass is 32.2. The lowest BCUT2D eigenvalue weighted by Crippen LogP contribution is -1.98. The van der Waals surface area contributed by atoms with Crippen LogP contribution in [0.1, 0.15) is 17.9 Å². The third-order valence-electron chi connectivity index (χ3n) is 2.63. The summed E-state index contributed by atoms with van der Waals surface area (Å²) < 4.78 is 0. The molecule has 0 aromatic heterocycles. The van der Waals surface area contributed by atoms with Gasteiger partial charge in [-0.05, 0) is 36.3 Å². The minimum atomic E-state index is -0.662. The van der Waals surface area contributed by atoms with Crippen LogP contribution in [0.15, 0.2) is 29.2 Å². The number of carbonyl (C=O) groups is 1. The first-order valence-corrected chi connectivity index (χ1v) is 5.81. The van der Waals surface area contributed by atoms with E-state index in [-0.39, 0.29) is 11.8 Å². The number of aliphatic carboxylic acids is 1. The number of thioether (sulfide) groups is 1. The zero-order chi connectivity index (χ0) is 10.1. The molecule has 0 amide bonds. The van der Waals surface area contributed by atoms with Gasteiger partial charge in [-0.3, -0.25) is 4.79 Å². The van der Waals surface area contributed by atoms with Gasteiger partial charge in [0.25, 0.3) is 0 Å². The number of benzene rings is 1. The first kappa shape index (κ1) is 9.59. The maximum Gasteiger partial charge on any atom is 0.307 e. The van der Waals surface area contributed by atoms with Crippen molar-refractivity contribution < 1.29 is 9.90 Å². The topological polar surface area (TPSA) is 37.3 Å². The lowest BCUT2D eigenvalue weighted by Gasteiger charge is -2.01. The molecule has 2 atom stereocenters. The maximum absolute atomic E-state index is 10.7. The van der Waals surface area contributed by atoms with Crippen LogP contribution in [0, 0.1) is 5.92 Å². The third kappa shape index (κ3) is 1.77. The van der Waals surface area contributed by atoms with Gasteiger partial charge in [0, 0.05) is 4.90 Å². The van der Waals surface area contributed by atoms with E-state index in [0.717, 1.165) is 6.42 Å². The molecule has 2 rings (SSSR count). The van der Waals surface area contributed by atoms with Gasteiger partial charge in [-0.25, -0.2) is 0 Å². The highest BCUT2D eigenvalue weighted by Crippen LogP contribution is 2.47. The molecule has 2 nitrogen and oxygen atoms in total. The monoisotopic (exact) mass is 208 g/mol. The Hall–Kier alpha value is -0.960. The SMILES string of the molecule is CSc1cccc([C@@H]2C[C@H]2C(=O)O)c1. The fraction of sp³-hybridized carbons (Fsp3) is 0.364. The predicted octanol–water partition coefficient (Wildman–Crippen LogP) is 2.60. The standard InChI is InChI=1S/C11H12O2S/c1-14-8-4-2-3-7(5-8)9-6-10(9)11(12)13/h2-5,9-10H,6H2,1H3,(H,12,13)/t9-,10+/m0/s1. The van der Waals surface area contributed by atoms with Crippen molar-refractivity contribution in [1.29, 1.82) is 0 Å². The minimum absolute atomic E-state index is 0.146. The Balaban J connectivity index is 2.15. The average Bonchev–Trinajstić information content (AvgIpc) is 2.97. The summed E-state index contributed by atoms with van der Waals surface area (Å²) >= 11 is 1.69. The number of carboxylic acids is 1. The highest BCUT2D eigenvalue weighted by molar-refractivity contribution is 7.98. The van der Waals surface area contributed by atoms with Crippen LogP contribution in [0.2, 0.25) is 0 Å². The molecule has 1 aromatic rings. The second kappa shape index (κ2) is 3.65. The van der Waals surface area contributed by atoms with Crippen molar-refractivity contribution in [2.75, 3.05) is 6.26 Å². The van der Waals surface area contributed by atoms with Gasteiger partial charge in [-0.2, -0.15) is 0 Å². The molecule has 0 heterocycles. The second-order valence-corrected chi connectivity index (χ2v) is 4.44. The quantitative estimate of drug-likeness (QED) is 0.776. The third-order valence-corrected chi connectivity index (χ3v) is 3.35. The van der Waals surface area contributed by atoms with E-state index >= 15 is 0 Å². The van der Waals surface area contributed by atoms with Crippen LogP contribution in [0.4, 0.5) is 0 Å². The molecule has 0 spiro atoms. The maximum atomic E-state index is 10.7. The van der Waals surface area contributed by atoms with Crippen molar-refractivity contribution in [3.63, 3.8) is 0 Å². The molecule has 1 aliphatic rings. The Morgan fingerprint density at radius 2 is 2.36 bits per heavy atom. The Morgan fingerprint density at radius 3 is 2.93 bits per heavy atom. The number of hydrogen-bond acceptors (Lipinski definition) is 2. The molecule has 1 saturated carbocycles. The van der Waals surface area contributed by atoms with E-state index in [1.807, 2.05) is 24.5 Å². The normalized spacial score (nSPS) is 24.6. The summed E-state index contributed by atoms with van der Waals surface area (Å²) in [7, 11) is 0. The van der Waals surface area contributed by atoms with E-state index in [4.69, 9.17) is 5.11 Å². The van der Waals surface area contributed by atoms with Crippen LogP contribution in [-0.4, -0.2) is 17.3 Å². The van der Waals surface area contributed by atoms with Crippen LogP contribution in [0.5, 0.6) is 0 Å². The van der Waals surface area contributed by atoms with Gasteiger partial charge in [0.2, 0.25) is 0 Å². The first-order chi connectivity index (χ1) is 6.72. The Morgan fingerprint density at radius 1 is 1.57 bits per heavy atom. The summed E-state index contributed by atoms with van der Waals surface area (Å²) in [5.41, 5.74) is 1.17. The fourth-order valence-electron chi connectivity index (χ4n) is 1.71. The largest absolute Gasteiger partial charge is 0.481 e. The van der Waals surface area contributed by atoms with Crippen molar-refractivity contribution in [3.8, 4) is 0 Å². The fourth-order valence-corrected chi connectivity index (χ4v) is 2.18. The average molecular weight is 208 g/mol. The van der Waals surface area contributed by atoms with Gasteiger partial charge in [0.05, 0.1) is 5.92 Å². The summed E-state index contributed by atoms with van der Waals surface area (Å²) in [4.78, 5) is 11.9. The van der Waals surface area contributed by atoms with Gasteiger partial charge in [0.15, 0.2) is 0 Å². The molecular weight excluding hydrogens is 196 g/mol. The predicted molar refractivity (Wildman–Crippen MR) is 56.7 cm³/mol. The number of carboxylic acid groups (broad SMARTS) is 1. The zero-order valence-corrected chi connectivity index (χ0v) is 8.75. The molecule has 0 saturated heterocycles. The number of rotatable bonds is 3. The lowest BCUT2D eigenvalue weighted by atomic mass is 10.1. The summed E-state index contributed by atoms with van der Waals surface area (Å²) in [6, 6.07) is 8.16. The Kier molecular flexibility index (Phi) is 2.50. The van der Waals surface area contributed by atoms with Crippen LogP contribution in [0.3, 0.4) is 0 Å². The van der Waals surface area contributed by atoms with E-state index in [1.54, 1.807) is 11.8 Å². The Labute approximate surface area is 87.3 Å². The zero-order valence-electron chi connectivity index (χ0n) is 7.93. The van der Waals surface area contributed by atoms with Crippen LogP contribution in [-0.2, 0) is 4.79 Å². The molecule has 3 heteroatoms. The summed E-state index contributed by atoms with van der Waals surface area (Å²) in [6.07, 6.45) is 2.83. The Bertz CT molecular complexity index is 362. The van der Waals surface area contributed by atoms with E-state index in [1.165, 1.54) is 10.5 Å². The molecule has 0 bridgehead atoms. The van der Waals surface area contributed by atoms with Crippen molar-refractivity contribution in [2.24, 2.45) is 5.92 Å². The van der Waals surface area contributed by atoms with Crippen molar-refractivity contribution in [2.45, 2.75) is 17.2 Å². The van der Waals surface area contributed by atoms with Gasteiger partial charge in [-0.1, -0.05) is 12.1 Å². The molecule has 0 radical (unpaired) electrons. The van der Waals surface area contributed by atoms with Crippen molar-refractivity contribution in [1.82, 2.24) is 0 Å². The molecule has 0 aliphatic heterocycles. The molecule has 14 heavy (non-hydrogen) atoms. The van der Waals surface area contributed by atoms with Gasteiger partial charge < -0.3 is 5.11 Å². The molecule has 1 aromatic carbocycles. The van der Waals surface area contributed by atoms with Crippen LogP contribution in [0.25, 0.3) is 0 Å². The van der Waals surface area contributed by atoms with Crippen LogP contribution < -0.4 is 0 Å². The molecule has 1 N–H and O–H groups in total. The van der Waals surface area contributed by atoms with E-state index in [9.17, 15) is 4.79 Å².